The molecule has 0 radical (unpaired) electrons. The third-order valence-corrected chi connectivity index (χ3v) is 3.82. The smallest absolute Gasteiger partial charge is 0.354 e. The van der Waals surface area contributed by atoms with Crippen LogP contribution in [0.5, 0.6) is 0 Å². The van der Waals surface area contributed by atoms with Gasteiger partial charge in [-0.05, 0) is 18.2 Å². The van der Waals surface area contributed by atoms with Crippen molar-refractivity contribution in [2.24, 2.45) is 0 Å². The molecule has 3 aromatic rings. The predicted molar refractivity (Wildman–Crippen MR) is 91.8 cm³/mol. The van der Waals surface area contributed by atoms with Gasteiger partial charge in [-0.1, -0.05) is 23.7 Å². The van der Waals surface area contributed by atoms with Crippen molar-refractivity contribution in [1.29, 1.82) is 0 Å². The number of nitrogens with zero attached hydrogens (tertiary/aromatic N) is 3. The molecule has 0 saturated heterocycles. The number of nitrogens with one attached hydrogen (secondary N) is 1. The summed E-state index contributed by atoms with van der Waals surface area (Å²) < 4.78 is 0. The number of benzene rings is 1. The first-order valence-corrected chi connectivity index (χ1v) is 7.80. The van der Waals surface area contributed by atoms with Crippen LogP contribution in [0, 0.1) is 0 Å². The molecule has 2 aromatic heterocycles. The Morgan fingerprint density at radius 1 is 1.12 bits per heavy atom. The van der Waals surface area contributed by atoms with Crippen molar-refractivity contribution >= 4 is 34.4 Å². The summed E-state index contributed by atoms with van der Waals surface area (Å²) in [5.41, 5.74) is 0.745. The molecule has 126 valence electrons. The van der Waals surface area contributed by atoms with E-state index in [1.165, 1.54) is 12.3 Å². The van der Waals surface area contributed by atoms with Gasteiger partial charge >= 0.3 is 5.97 Å². The molecule has 0 spiro atoms. The molecule has 8 heteroatoms. The van der Waals surface area contributed by atoms with Gasteiger partial charge in [0.1, 0.15) is 5.82 Å². The maximum atomic E-state index is 12.5. The molecular formula is C17H13ClN4O3. The number of hydrogen-bond donors (Lipinski definition) is 2. The number of carbonyl (C=O) groups is 2. The zero-order valence-corrected chi connectivity index (χ0v) is 13.7. The minimum Gasteiger partial charge on any atom is -0.477 e. The van der Waals surface area contributed by atoms with Gasteiger partial charge in [0.25, 0.3) is 5.91 Å². The van der Waals surface area contributed by atoms with Crippen molar-refractivity contribution in [3.05, 3.63) is 64.8 Å². The highest BCUT2D eigenvalue weighted by Crippen LogP contribution is 2.24. The minimum absolute atomic E-state index is 0.0855. The fraction of sp³-hybridized carbons (Fsp3) is 0.118. The highest BCUT2D eigenvalue weighted by atomic mass is 35.5. The Labute approximate surface area is 147 Å². The molecule has 0 aliphatic heterocycles. The Morgan fingerprint density at radius 2 is 1.96 bits per heavy atom. The third-order valence-electron chi connectivity index (χ3n) is 3.51. The van der Waals surface area contributed by atoms with Crippen molar-refractivity contribution in [2.75, 3.05) is 6.54 Å². The van der Waals surface area contributed by atoms with E-state index in [2.05, 4.69) is 20.3 Å². The van der Waals surface area contributed by atoms with Crippen molar-refractivity contribution in [3.63, 3.8) is 0 Å². The Morgan fingerprint density at radius 3 is 2.76 bits per heavy atom. The molecule has 7 nitrogen and oxygen atoms in total. The normalized spacial score (nSPS) is 10.6. The Bertz CT molecular complexity index is 962. The fourth-order valence-electron chi connectivity index (χ4n) is 2.35. The number of carboxylic acids is 1. The summed E-state index contributed by atoms with van der Waals surface area (Å²) in [6.07, 6.45) is 3.27. The maximum Gasteiger partial charge on any atom is 0.354 e. The van der Waals surface area contributed by atoms with E-state index < -0.39 is 5.97 Å². The lowest BCUT2D eigenvalue weighted by Crippen LogP contribution is -2.27. The Balaban J connectivity index is 1.72. The predicted octanol–water partition coefficient (Wildman–Crippen LogP) is 2.35. The number of hydrogen-bond acceptors (Lipinski definition) is 5. The summed E-state index contributed by atoms with van der Waals surface area (Å²) in [5.74, 6) is -1.15. The second kappa shape index (κ2) is 7.23. The van der Waals surface area contributed by atoms with E-state index in [1.807, 2.05) is 6.07 Å². The molecule has 3 rings (SSSR count). The van der Waals surface area contributed by atoms with Crippen LogP contribution in [0.15, 0.2) is 42.7 Å². The van der Waals surface area contributed by atoms with E-state index >= 15 is 0 Å². The monoisotopic (exact) mass is 356 g/mol. The van der Waals surface area contributed by atoms with Gasteiger partial charge in [-0.3, -0.25) is 9.78 Å². The average Bonchev–Trinajstić information content (AvgIpc) is 2.61. The molecule has 0 aliphatic rings. The van der Waals surface area contributed by atoms with E-state index in [0.29, 0.717) is 28.3 Å². The molecule has 0 unspecified atom stereocenters. The van der Waals surface area contributed by atoms with Crippen LogP contribution < -0.4 is 5.32 Å². The van der Waals surface area contributed by atoms with Crippen LogP contribution in [-0.2, 0) is 6.42 Å². The number of carbonyl (C=O) groups excluding carboxylic acids is 1. The van der Waals surface area contributed by atoms with Gasteiger partial charge in [-0.25, -0.2) is 14.8 Å². The van der Waals surface area contributed by atoms with Crippen LogP contribution in [0.4, 0.5) is 0 Å². The highest BCUT2D eigenvalue weighted by molar-refractivity contribution is 6.35. The molecule has 0 fully saturated rings. The number of halogens is 1. The first-order valence-electron chi connectivity index (χ1n) is 7.43. The van der Waals surface area contributed by atoms with Gasteiger partial charge in [0, 0.05) is 30.7 Å². The standard InChI is InChI=1S/C17H13ClN4O3/c18-11-4-3-10-2-1-7-20-15(10)14(11)16(23)21-9-6-13-19-8-5-12(22-13)17(24)25/h1-5,7-8H,6,9H2,(H,21,23)(H,24,25). The van der Waals surface area contributed by atoms with Gasteiger partial charge in [0.2, 0.25) is 0 Å². The van der Waals surface area contributed by atoms with Crippen LogP contribution in [0.1, 0.15) is 26.7 Å². The first-order chi connectivity index (χ1) is 12.1. The van der Waals surface area contributed by atoms with Gasteiger partial charge in [-0.2, -0.15) is 0 Å². The molecular weight excluding hydrogens is 344 g/mol. The molecule has 1 amide bonds. The molecule has 2 N–H and O–H groups in total. The van der Waals surface area contributed by atoms with Crippen LogP contribution in [0.25, 0.3) is 10.9 Å². The number of rotatable bonds is 5. The highest BCUT2D eigenvalue weighted by Gasteiger charge is 2.15. The van der Waals surface area contributed by atoms with E-state index in [0.717, 1.165) is 5.39 Å². The topological polar surface area (TPSA) is 105 Å². The number of aromatic nitrogens is 3. The molecule has 25 heavy (non-hydrogen) atoms. The van der Waals surface area contributed by atoms with Crippen LogP contribution >= 0.6 is 11.6 Å². The van der Waals surface area contributed by atoms with E-state index in [-0.39, 0.29) is 18.1 Å². The number of carboxylic acid groups (broad SMARTS) is 1. The Kier molecular flexibility index (Phi) is 4.85. The molecule has 0 aliphatic carbocycles. The quantitative estimate of drug-likeness (QED) is 0.727. The molecule has 1 aromatic carbocycles. The summed E-state index contributed by atoms with van der Waals surface area (Å²) >= 11 is 6.16. The van der Waals surface area contributed by atoms with E-state index in [1.54, 1.807) is 24.4 Å². The van der Waals surface area contributed by atoms with Crippen LogP contribution in [0.3, 0.4) is 0 Å². The first kappa shape index (κ1) is 16.8. The third kappa shape index (κ3) is 3.72. The zero-order valence-electron chi connectivity index (χ0n) is 12.9. The lowest BCUT2D eigenvalue weighted by molar-refractivity contribution is 0.0689. The van der Waals surface area contributed by atoms with Crippen molar-refractivity contribution < 1.29 is 14.7 Å². The molecule has 0 saturated carbocycles. The van der Waals surface area contributed by atoms with Crippen LogP contribution in [0.2, 0.25) is 5.02 Å². The average molecular weight is 357 g/mol. The summed E-state index contributed by atoms with van der Waals surface area (Å²) in [5, 5.41) is 12.8. The number of amides is 1. The van der Waals surface area contributed by atoms with Gasteiger partial charge in [-0.15, -0.1) is 0 Å². The number of aromatic carboxylic acids is 1. The zero-order chi connectivity index (χ0) is 17.8. The fourth-order valence-corrected chi connectivity index (χ4v) is 2.59. The Hall–Kier alpha value is -3.06. The lowest BCUT2D eigenvalue weighted by atomic mass is 10.1. The van der Waals surface area contributed by atoms with E-state index in [9.17, 15) is 9.59 Å². The van der Waals surface area contributed by atoms with Gasteiger partial charge in [0.15, 0.2) is 5.69 Å². The van der Waals surface area contributed by atoms with Gasteiger partial charge < -0.3 is 10.4 Å². The van der Waals surface area contributed by atoms with Crippen molar-refractivity contribution in [2.45, 2.75) is 6.42 Å². The minimum atomic E-state index is -1.12. The largest absolute Gasteiger partial charge is 0.477 e. The number of fused-ring (bicyclic) bond motifs is 1. The summed E-state index contributed by atoms with van der Waals surface area (Å²) in [4.78, 5) is 35.5. The maximum absolute atomic E-state index is 12.5. The van der Waals surface area contributed by atoms with E-state index in [4.69, 9.17) is 16.7 Å². The summed E-state index contributed by atoms with van der Waals surface area (Å²) in [6.45, 7) is 0.238. The SMILES string of the molecule is O=C(O)c1ccnc(CCNC(=O)c2c(Cl)ccc3cccnc23)n1. The van der Waals surface area contributed by atoms with Gasteiger partial charge in [0.05, 0.1) is 16.1 Å². The van der Waals surface area contributed by atoms with Crippen molar-refractivity contribution in [3.8, 4) is 0 Å². The lowest BCUT2D eigenvalue weighted by Gasteiger charge is -2.09. The second-order valence-corrected chi connectivity index (χ2v) is 5.57. The summed E-state index contributed by atoms with van der Waals surface area (Å²) in [6, 6.07) is 8.39. The van der Waals surface area contributed by atoms with Crippen molar-refractivity contribution in [1.82, 2.24) is 20.3 Å². The van der Waals surface area contributed by atoms with Crippen LogP contribution in [-0.4, -0.2) is 38.5 Å². The number of pyridine rings is 1. The molecule has 0 atom stereocenters. The summed E-state index contributed by atoms with van der Waals surface area (Å²) in [7, 11) is 0. The second-order valence-electron chi connectivity index (χ2n) is 5.17. The molecule has 0 bridgehead atoms. The molecule has 2 heterocycles.